The summed E-state index contributed by atoms with van der Waals surface area (Å²) in [6.07, 6.45) is 1.40. The zero-order valence-electron chi connectivity index (χ0n) is 10.2. The number of nitrogen functional groups attached to an aromatic ring is 1. The van der Waals surface area contributed by atoms with Crippen molar-refractivity contribution in [1.29, 1.82) is 0 Å². The number of anilines is 2. The number of nitrogens with two attached hydrogens (primary N) is 1. The average Bonchev–Trinajstić information content (AvgIpc) is 2.76. The van der Waals surface area contributed by atoms with E-state index >= 15 is 0 Å². The summed E-state index contributed by atoms with van der Waals surface area (Å²) in [4.78, 5) is 11.9. The summed E-state index contributed by atoms with van der Waals surface area (Å²) in [7, 11) is 1.60. The molecule has 0 bridgehead atoms. The molecule has 18 heavy (non-hydrogen) atoms. The van der Waals surface area contributed by atoms with Crippen LogP contribution in [0.15, 0.2) is 24.4 Å². The van der Waals surface area contributed by atoms with E-state index in [1.165, 1.54) is 6.20 Å². The molecule has 0 atom stereocenters. The van der Waals surface area contributed by atoms with E-state index in [9.17, 15) is 4.79 Å². The second kappa shape index (κ2) is 4.79. The zero-order valence-corrected chi connectivity index (χ0v) is 10.2. The first-order valence-electron chi connectivity index (χ1n) is 5.36. The highest BCUT2D eigenvalue weighted by molar-refractivity contribution is 6.06. The van der Waals surface area contributed by atoms with Gasteiger partial charge in [-0.05, 0) is 30.7 Å². The van der Waals surface area contributed by atoms with E-state index in [-0.39, 0.29) is 11.6 Å². The van der Waals surface area contributed by atoms with Crippen LogP contribution < -0.4 is 15.8 Å². The number of ether oxygens (including phenoxy) is 1. The number of hydrogen-bond acceptors (Lipinski definition) is 4. The van der Waals surface area contributed by atoms with Crippen LogP contribution in [0.25, 0.3) is 0 Å². The van der Waals surface area contributed by atoms with Crippen molar-refractivity contribution in [2.24, 2.45) is 0 Å². The number of aromatic nitrogens is 2. The monoisotopic (exact) mass is 246 g/mol. The van der Waals surface area contributed by atoms with Crippen LogP contribution in [-0.2, 0) is 0 Å². The average molecular weight is 246 g/mol. The summed E-state index contributed by atoms with van der Waals surface area (Å²) in [5.74, 6) is 0.448. The van der Waals surface area contributed by atoms with Gasteiger partial charge in [-0.1, -0.05) is 0 Å². The molecule has 0 aliphatic rings. The lowest BCUT2D eigenvalue weighted by Gasteiger charge is -2.08. The van der Waals surface area contributed by atoms with Gasteiger partial charge in [0.15, 0.2) is 0 Å². The van der Waals surface area contributed by atoms with Gasteiger partial charge >= 0.3 is 0 Å². The van der Waals surface area contributed by atoms with E-state index < -0.39 is 0 Å². The topological polar surface area (TPSA) is 93.0 Å². The Hall–Kier alpha value is -2.50. The normalized spacial score (nSPS) is 10.1. The molecule has 0 unspecified atom stereocenters. The summed E-state index contributed by atoms with van der Waals surface area (Å²) >= 11 is 0. The molecular weight excluding hydrogens is 232 g/mol. The van der Waals surface area contributed by atoms with E-state index in [1.807, 2.05) is 13.0 Å². The Kier molecular flexibility index (Phi) is 3.18. The number of aryl methyl sites for hydroxylation is 1. The molecule has 1 amide bonds. The minimum absolute atomic E-state index is 0.253. The smallest absolute Gasteiger partial charge is 0.275 e. The Labute approximate surface area is 104 Å². The highest BCUT2D eigenvalue weighted by Gasteiger charge is 2.12. The number of methoxy groups -OCH3 is 1. The van der Waals surface area contributed by atoms with Crippen LogP contribution in [0.4, 0.5) is 11.4 Å². The van der Waals surface area contributed by atoms with E-state index in [1.54, 1.807) is 19.2 Å². The van der Waals surface area contributed by atoms with Gasteiger partial charge in [-0.2, -0.15) is 5.10 Å². The van der Waals surface area contributed by atoms with E-state index in [0.717, 1.165) is 11.3 Å². The second-order valence-electron chi connectivity index (χ2n) is 3.84. The molecule has 0 radical (unpaired) electrons. The first kappa shape index (κ1) is 12.0. The number of H-pyrrole nitrogens is 1. The summed E-state index contributed by atoms with van der Waals surface area (Å²) < 4.78 is 5.15. The molecule has 4 N–H and O–H groups in total. The molecule has 2 aromatic rings. The molecule has 6 nitrogen and oxygen atoms in total. The van der Waals surface area contributed by atoms with Crippen molar-refractivity contribution < 1.29 is 9.53 Å². The van der Waals surface area contributed by atoms with Crippen LogP contribution in [0.5, 0.6) is 5.75 Å². The van der Waals surface area contributed by atoms with Crippen LogP contribution in [0.3, 0.4) is 0 Å². The number of hydrogen-bond donors (Lipinski definition) is 3. The molecule has 94 valence electrons. The molecule has 0 saturated heterocycles. The number of nitrogens with zero attached hydrogens (tertiary/aromatic N) is 1. The molecule has 2 rings (SSSR count). The van der Waals surface area contributed by atoms with Gasteiger partial charge < -0.3 is 15.8 Å². The third-order valence-corrected chi connectivity index (χ3v) is 2.55. The van der Waals surface area contributed by atoms with Crippen LogP contribution in [0.1, 0.15) is 16.1 Å². The maximum Gasteiger partial charge on any atom is 0.275 e. The third-order valence-electron chi connectivity index (χ3n) is 2.55. The fourth-order valence-corrected chi connectivity index (χ4v) is 1.63. The van der Waals surface area contributed by atoms with Crippen LogP contribution in [0.2, 0.25) is 0 Å². The Balaban J connectivity index is 2.17. The largest absolute Gasteiger partial charge is 0.496 e. The van der Waals surface area contributed by atoms with Gasteiger partial charge in [-0.25, -0.2) is 0 Å². The molecule has 0 fully saturated rings. The first-order chi connectivity index (χ1) is 8.61. The molecule has 1 aromatic heterocycles. The van der Waals surface area contributed by atoms with Crippen molar-refractivity contribution in [3.05, 3.63) is 35.7 Å². The van der Waals surface area contributed by atoms with E-state index in [0.29, 0.717) is 11.4 Å². The molecule has 0 aliphatic carbocycles. The zero-order chi connectivity index (χ0) is 13.1. The number of benzene rings is 1. The maximum atomic E-state index is 11.9. The highest BCUT2D eigenvalue weighted by Crippen LogP contribution is 2.22. The second-order valence-corrected chi connectivity index (χ2v) is 3.84. The van der Waals surface area contributed by atoms with E-state index in [2.05, 4.69) is 15.5 Å². The molecule has 6 heteroatoms. The van der Waals surface area contributed by atoms with Crippen molar-refractivity contribution in [3.63, 3.8) is 0 Å². The molecule has 0 saturated carbocycles. The lowest BCUT2D eigenvalue weighted by atomic mass is 10.2. The lowest BCUT2D eigenvalue weighted by molar-refractivity contribution is 0.102. The number of aromatic amines is 1. The Bertz CT molecular complexity index is 577. The highest BCUT2D eigenvalue weighted by atomic mass is 16.5. The fraction of sp³-hybridized carbons (Fsp3) is 0.167. The van der Waals surface area contributed by atoms with Crippen molar-refractivity contribution in [3.8, 4) is 5.75 Å². The SMILES string of the molecule is COc1ccc(NC(=O)c2[nH]ncc2N)cc1C. The minimum Gasteiger partial charge on any atom is -0.496 e. The van der Waals surface area contributed by atoms with Crippen molar-refractivity contribution >= 4 is 17.3 Å². The van der Waals surface area contributed by atoms with Gasteiger partial charge in [0.25, 0.3) is 5.91 Å². The molecule has 0 spiro atoms. The molecule has 1 heterocycles. The predicted molar refractivity (Wildman–Crippen MR) is 68.7 cm³/mol. The van der Waals surface area contributed by atoms with Gasteiger partial charge in [0, 0.05) is 5.69 Å². The Morgan fingerprint density at radius 2 is 2.28 bits per heavy atom. The molecular formula is C12H14N4O2. The Morgan fingerprint density at radius 1 is 1.50 bits per heavy atom. The lowest BCUT2D eigenvalue weighted by Crippen LogP contribution is -2.14. The maximum absolute atomic E-state index is 11.9. The number of carbonyl (C=O) groups is 1. The number of amides is 1. The quantitative estimate of drug-likeness (QED) is 0.766. The summed E-state index contributed by atoms with van der Waals surface area (Å²) in [6, 6.07) is 5.38. The number of carbonyl (C=O) groups excluding carboxylic acids is 1. The predicted octanol–water partition coefficient (Wildman–Crippen LogP) is 1.56. The van der Waals surface area contributed by atoms with E-state index in [4.69, 9.17) is 10.5 Å². The van der Waals surface area contributed by atoms with Gasteiger partial charge in [-0.15, -0.1) is 0 Å². The van der Waals surface area contributed by atoms with Crippen molar-refractivity contribution in [1.82, 2.24) is 10.2 Å². The number of nitrogens with one attached hydrogen (secondary N) is 2. The van der Waals surface area contributed by atoms with Gasteiger partial charge in [0.2, 0.25) is 0 Å². The first-order valence-corrected chi connectivity index (χ1v) is 5.36. The van der Waals surface area contributed by atoms with Gasteiger partial charge in [0.1, 0.15) is 11.4 Å². The molecule has 0 aliphatic heterocycles. The Morgan fingerprint density at radius 3 is 2.83 bits per heavy atom. The standard InChI is InChI=1S/C12H14N4O2/c1-7-5-8(3-4-10(7)18-2)15-12(17)11-9(13)6-14-16-11/h3-6H,13H2,1-2H3,(H,14,16)(H,15,17). The van der Waals surface area contributed by atoms with Crippen LogP contribution in [-0.4, -0.2) is 23.2 Å². The summed E-state index contributed by atoms with van der Waals surface area (Å²) in [5.41, 5.74) is 7.78. The van der Waals surface area contributed by atoms with Crippen LogP contribution in [0, 0.1) is 6.92 Å². The van der Waals surface area contributed by atoms with Crippen molar-refractivity contribution in [2.45, 2.75) is 6.92 Å². The van der Waals surface area contributed by atoms with Crippen molar-refractivity contribution in [2.75, 3.05) is 18.2 Å². The third kappa shape index (κ3) is 2.27. The fourth-order valence-electron chi connectivity index (χ4n) is 1.63. The van der Waals surface area contributed by atoms with Gasteiger partial charge in [0.05, 0.1) is 19.0 Å². The number of rotatable bonds is 3. The van der Waals surface area contributed by atoms with Gasteiger partial charge in [-0.3, -0.25) is 9.89 Å². The molecule has 1 aromatic carbocycles. The summed E-state index contributed by atoms with van der Waals surface area (Å²) in [6.45, 7) is 1.90. The summed E-state index contributed by atoms with van der Waals surface area (Å²) in [5, 5.41) is 8.98. The minimum atomic E-state index is -0.324. The van der Waals surface area contributed by atoms with Crippen LogP contribution >= 0.6 is 0 Å².